The largest absolute Gasteiger partial charge is 0.386 e. The molecule has 0 aliphatic carbocycles. The highest BCUT2D eigenvalue weighted by atomic mass is 16.3. The molecule has 0 bridgehead atoms. The number of carbonyl (C=O) groups is 1. The third kappa shape index (κ3) is 2.77. The zero-order chi connectivity index (χ0) is 12.3. The number of β-amino-alcohol motifs (C(OH)–C–C–N with tert-alkyl or cyclic N) is 1. The molecule has 92 valence electrons. The number of likely N-dealkylation sites (tertiary alicyclic amines) is 1. The molecule has 1 aromatic rings. The van der Waals surface area contributed by atoms with Crippen LogP contribution in [-0.2, 0) is 0 Å². The molecule has 1 fully saturated rings. The average Bonchev–Trinajstić information content (AvgIpc) is 2.27. The van der Waals surface area contributed by atoms with Crippen LogP contribution in [0.5, 0.6) is 0 Å². The molecule has 0 aromatic heterocycles. The summed E-state index contributed by atoms with van der Waals surface area (Å²) >= 11 is 0. The monoisotopic (exact) mass is 234 g/mol. The molecular formula is C13H18N2O2. The summed E-state index contributed by atoms with van der Waals surface area (Å²) in [6, 6.07) is 9.20. The van der Waals surface area contributed by atoms with Crippen molar-refractivity contribution in [3.05, 3.63) is 30.3 Å². The van der Waals surface area contributed by atoms with E-state index in [1.165, 1.54) is 0 Å². The van der Waals surface area contributed by atoms with Gasteiger partial charge in [-0.05, 0) is 18.6 Å². The highest BCUT2D eigenvalue weighted by Gasteiger charge is 2.42. The Kier molecular flexibility index (Phi) is 3.33. The quantitative estimate of drug-likeness (QED) is 0.841. The van der Waals surface area contributed by atoms with E-state index in [1.807, 2.05) is 37.3 Å². The number of aliphatic hydroxyl groups is 1. The molecule has 1 aromatic carbocycles. The smallest absolute Gasteiger partial charge is 0.322 e. The minimum absolute atomic E-state index is 0.142. The third-order valence-electron chi connectivity index (χ3n) is 3.00. The Morgan fingerprint density at radius 2 is 2.06 bits per heavy atom. The van der Waals surface area contributed by atoms with E-state index in [1.54, 1.807) is 4.90 Å². The number of carbonyl (C=O) groups excluding carboxylic acids is 1. The fourth-order valence-corrected chi connectivity index (χ4v) is 2.16. The molecular weight excluding hydrogens is 216 g/mol. The highest BCUT2D eigenvalue weighted by molar-refractivity contribution is 5.90. The molecule has 0 atom stereocenters. The Morgan fingerprint density at radius 3 is 2.65 bits per heavy atom. The van der Waals surface area contributed by atoms with Crippen molar-refractivity contribution in [2.24, 2.45) is 0 Å². The lowest BCUT2D eigenvalue weighted by atomic mass is 9.90. The molecule has 1 aliphatic rings. The Bertz CT molecular complexity index is 386. The predicted octanol–water partition coefficient (Wildman–Crippen LogP) is 2.07. The van der Waals surface area contributed by atoms with E-state index in [0.717, 1.165) is 18.5 Å². The SMILES string of the molecule is CCCC1(O)CN(C(=O)Nc2ccccc2)C1. The summed E-state index contributed by atoms with van der Waals surface area (Å²) in [6.45, 7) is 2.89. The van der Waals surface area contributed by atoms with E-state index in [9.17, 15) is 9.90 Å². The number of urea groups is 1. The van der Waals surface area contributed by atoms with Crippen molar-refractivity contribution in [3.8, 4) is 0 Å². The van der Waals surface area contributed by atoms with E-state index in [0.29, 0.717) is 13.1 Å². The summed E-state index contributed by atoms with van der Waals surface area (Å²) in [5.74, 6) is 0. The number of nitrogens with one attached hydrogen (secondary N) is 1. The summed E-state index contributed by atoms with van der Waals surface area (Å²) in [5, 5.41) is 12.8. The van der Waals surface area contributed by atoms with Gasteiger partial charge in [0.05, 0.1) is 18.7 Å². The molecule has 0 radical (unpaired) electrons. The molecule has 2 amide bonds. The summed E-state index contributed by atoms with van der Waals surface area (Å²) in [5.41, 5.74) is 0.117. The Balaban J connectivity index is 1.84. The van der Waals surface area contributed by atoms with Gasteiger partial charge in [0.15, 0.2) is 0 Å². The summed E-state index contributed by atoms with van der Waals surface area (Å²) in [4.78, 5) is 13.4. The van der Waals surface area contributed by atoms with Gasteiger partial charge in [0.1, 0.15) is 0 Å². The van der Waals surface area contributed by atoms with E-state index in [-0.39, 0.29) is 6.03 Å². The third-order valence-corrected chi connectivity index (χ3v) is 3.00. The number of benzene rings is 1. The molecule has 4 nitrogen and oxygen atoms in total. The minimum Gasteiger partial charge on any atom is -0.386 e. The second-order valence-electron chi connectivity index (χ2n) is 4.63. The summed E-state index contributed by atoms with van der Waals surface area (Å²) in [7, 11) is 0. The van der Waals surface area contributed by atoms with Crippen LogP contribution < -0.4 is 5.32 Å². The van der Waals surface area contributed by atoms with E-state index in [4.69, 9.17) is 0 Å². The molecule has 0 saturated carbocycles. The van der Waals surface area contributed by atoms with Crippen molar-refractivity contribution in [1.82, 2.24) is 4.90 Å². The first-order valence-corrected chi connectivity index (χ1v) is 5.96. The number of amides is 2. The van der Waals surface area contributed by atoms with Crippen molar-refractivity contribution < 1.29 is 9.90 Å². The van der Waals surface area contributed by atoms with Crippen LogP contribution in [0.4, 0.5) is 10.5 Å². The number of hydrogen-bond donors (Lipinski definition) is 2. The second-order valence-corrected chi connectivity index (χ2v) is 4.63. The van der Waals surface area contributed by atoms with Gasteiger partial charge in [-0.1, -0.05) is 31.5 Å². The molecule has 0 spiro atoms. The maximum Gasteiger partial charge on any atom is 0.322 e. The van der Waals surface area contributed by atoms with Gasteiger partial charge in [0, 0.05) is 5.69 Å². The van der Waals surface area contributed by atoms with Crippen LogP contribution in [0, 0.1) is 0 Å². The fourth-order valence-electron chi connectivity index (χ4n) is 2.16. The first-order valence-electron chi connectivity index (χ1n) is 5.96. The molecule has 17 heavy (non-hydrogen) atoms. The second kappa shape index (κ2) is 4.75. The Morgan fingerprint density at radius 1 is 1.41 bits per heavy atom. The predicted molar refractivity (Wildman–Crippen MR) is 66.9 cm³/mol. The van der Waals surface area contributed by atoms with Gasteiger partial charge in [-0.3, -0.25) is 0 Å². The van der Waals surface area contributed by atoms with Gasteiger partial charge < -0.3 is 15.3 Å². The first kappa shape index (κ1) is 11.9. The number of para-hydroxylation sites is 1. The highest BCUT2D eigenvalue weighted by Crippen LogP contribution is 2.26. The van der Waals surface area contributed by atoms with Crippen molar-refractivity contribution >= 4 is 11.7 Å². The van der Waals surface area contributed by atoms with Crippen LogP contribution in [0.1, 0.15) is 19.8 Å². The van der Waals surface area contributed by atoms with Crippen molar-refractivity contribution in [2.75, 3.05) is 18.4 Å². The van der Waals surface area contributed by atoms with Crippen LogP contribution in [0.25, 0.3) is 0 Å². The standard InChI is InChI=1S/C13H18N2O2/c1-2-8-13(17)9-15(10-13)12(16)14-11-6-4-3-5-7-11/h3-7,17H,2,8-10H2,1H3,(H,14,16). The number of nitrogens with zero attached hydrogens (tertiary/aromatic N) is 1. The van der Waals surface area contributed by atoms with Gasteiger partial charge in [-0.25, -0.2) is 4.79 Å². The number of rotatable bonds is 3. The number of hydrogen-bond acceptors (Lipinski definition) is 2. The van der Waals surface area contributed by atoms with E-state index >= 15 is 0 Å². The molecule has 1 saturated heterocycles. The first-order chi connectivity index (χ1) is 8.13. The normalized spacial score (nSPS) is 17.4. The molecule has 1 aliphatic heterocycles. The van der Waals surface area contributed by atoms with Gasteiger partial charge in [0.25, 0.3) is 0 Å². The van der Waals surface area contributed by atoms with E-state index < -0.39 is 5.60 Å². The van der Waals surface area contributed by atoms with Gasteiger partial charge in [-0.2, -0.15) is 0 Å². The Hall–Kier alpha value is -1.55. The van der Waals surface area contributed by atoms with Crippen LogP contribution in [-0.4, -0.2) is 34.7 Å². The van der Waals surface area contributed by atoms with Crippen LogP contribution >= 0.6 is 0 Å². The lowest BCUT2D eigenvalue weighted by Gasteiger charge is -2.46. The molecule has 2 N–H and O–H groups in total. The maximum atomic E-state index is 11.8. The average molecular weight is 234 g/mol. The van der Waals surface area contributed by atoms with Gasteiger partial charge >= 0.3 is 6.03 Å². The van der Waals surface area contributed by atoms with Crippen molar-refractivity contribution in [1.29, 1.82) is 0 Å². The van der Waals surface area contributed by atoms with Crippen LogP contribution in [0.2, 0.25) is 0 Å². The maximum absolute atomic E-state index is 11.8. The van der Waals surface area contributed by atoms with E-state index in [2.05, 4.69) is 5.32 Å². The Labute approximate surface area is 101 Å². The van der Waals surface area contributed by atoms with Crippen molar-refractivity contribution in [2.45, 2.75) is 25.4 Å². The molecule has 0 unspecified atom stereocenters. The lowest BCUT2D eigenvalue weighted by molar-refractivity contribution is -0.0792. The summed E-state index contributed by atoms with van der Waals surface area (Å²) < 4.78 is 0. The molecule has 4 heteroatoms. The zero-order valence-corrected chi connectivity index (χ0v) is 10.0. The zero-order valence-electron chi connectivity index (χ0n) is 10.0. The lowest BCUT2D eigenvalue weighted by Crippen LogP contribution is -2.64. The summed E-state index contributed by atoms with van der Waals surface area (Å²) in [6.07, 6.45) is 1.69. The topological polar surface area (TPSA) is 52.6 Å². The van der Waals surface area contributed by atoms with Gasteiger partial charge in [0.2, 0.25) is 0 Å². The minimum atomic E-state index is -0.664. The van der Waals surface area contributed by atoms with Crippen LogP contribution in [0.3, 0.4) is 0 Å². The molecule has 1 heterocycles. The van der Waals surface area contributed by atoms with Crippen LogP contribution in [0.15, 0.2) is 30.3 Å². The fraction of sp³-hybridized carbons (Fsp3) is 0.462. The molecule has 2 rings (SSSR count). The van der Waals surface area contributed by atoms with Crippen molar-refractivity contribution in [3.63, 3.8) is 0 Å². The van der Waals surface area contributed by atoms with Gasteiger partial charge in [-0.15, -0.1) is 0 Å². The number of anilines is 1.